The van der Waals surface area contributed by atoms with E-state index in [-0.39, 0.29) is 11.6 Å². The number of anilines is 1. The number of hydrogen-bond donors (Lipinski definition) is 1. The number of aryl methyl sites for hydroxylation is 1. The van der Waals surface area contributed by atoms with E-state index in [1.807, 2.05) is 0 Å². The summed E-state index contributed by atoms with van der Waals surface area (Å²) in [5.41, 5.74) is 1.30. The average molecular weight is 295 g/mol. The molecule has 108 valence electrons. The van der Waals surface area contributed by atoms with E-state index in [0.29, 0.717) is 5.69 Å². The van der Waals surface area contributed by atoms with Gasteiger partial charge in [-0.15, -0.1) is 0 Å². The average Bonchev–Trinajstić information content (AvgIpc) is 2.84. The van der Waals surface area contributed by atoms with E-state index in [1.165, 1.54) is 17.5 Å². The molecule has 0 fully saturated rings. The van der Waals surface area contributed by atoms with Crippen LogP contribution in [0.15, 0.2) is 35.7 Å². The van der Waals surface area contributed by atoms with E-state index in [2.05, 4.69) is 15.4 Å². The molecule has 0 amide bonds. The van der Waals surface area contributed by atoms with E-state index in [1.54, 1.807) is 43.3 Å². The highest BCUT2D eigenvalue weighted by molar-refractivity contribution is 7.89. The Morgan fingerprint density at radius 1 is 1.45 bits per heavy atom. The zero-order valence-electron chi connectivity index (χ0n) is 11.6. The molecule has 0 bridgehead atoms. The topological polar surface area (TPSA) is 80.1 Å². The Bertz CT molecular complexity index is 695. The normalized spacial score (nSPS) is 11.8. The zero-order valence-corrected chi connectivity index (χ0v) is 12.4. The van der Waals surface area contributed by atoms with Crippen LogP contribution in [0.3, 0.4) is 0 Å². The Hall–Kier alpha value is -1.93. The maximum atomic E-state index is 12.5. The number of nitrogens with one attached hydrogen (secondary N) is 1. The molecule has 0 atom stereocenters. The molecule has 0 unspecified atom stereocenters. The first-order valence-corrected chi connectivity index (χ1v) is 7.46. The molecule has 2 rings (SSSR count). The highest BCUT2D eigenvalue weighted by Crippen LogP contribution is 2.21. The number of aromatic nitrogens is 3. The fourth-order valence-electron chi connectivity index (χ4n) is 1.83. The van der Waals surface area contributed by atoms with Gasteiger partial charge in [0.15, 0.2) is 5.03 Å². The molecule has 0 aliphatic carbocycles. The Balaban J connectivity index is 2.29. The van der Waals surface area contributed by atoms with E-state index in [9.17, 15) is 8.42 Å². The van der Waals surface area contributed by atoms with Gasteiger partial charge in [0.25, 0.3) is 10.0 Å². The predicted octanol–water partition coefficient (Wildman–Crippen LogP) is 0.677. The lowest BCUT2D eigenvalue weighted by Crippen LogP contribution is -2.27. The second-order valence-electron chi connectivity index (χ2n) is 4.39. The van der Waals surface area contributed by atoms with Gasteiger partial charge in [-0.25, -0.2) is 13.4 Å². The first-order valence-electron chi connectivity index (χ1n) is 6.02. The van der Waals surface area contributed by atoms with Gasteiger partial charge in [-0.1, -0.05) is 0 Å². The van der Waals surface area contributed by atoms with Crippen LogP contribution in [0.25, 0.3) is 0 Å². The van der Waals surface area contributed by atoms with Crippen LogP contribution in [0.2, 0.25) is 0 Å². The van der Waals surface area contributed by atoms with Crippen LogP contribution in [0, 0.1) is 0 Å². The first-order chi connectivity index (χ1) is 9.45. The molecule has 0 aliphatic heterocycles. The van der Waals surface area contributed by atoms with Crippen LogP contribution in [0.5, 0.6) is 0 Å². The summed E-state index contributed by atoms with van der Waals surface area (Å²) >= 11 is 0. The second kappa shape index (κ2) is 5.59. The number of sulfonamides is 1. The maximum absolute atomic E-state index is 12.5. The Morgan fingerprint density at radius 3 is 2.80 bits per heavy atom. The molecule has 0 saturated heterocycles. The van der Waals surface area contributed by atoms with Gasteiger partial charge in [-0.3, -0.25) is 4.68 Å². The van der Waals surface area contributed by atoms with Crippen LogP contribution in [-0.2, 0) is 23.6 Å². The molecule has 0 radical (unpaired) electrons. The Morgan fingerprint density at radius 2 is 2.20 bits per heavy atom. The van der Waals surface area contributed by atoms with Crippen molar-refractivity contribution in [2.75, 3.05) is 19.4 Å². The monoisotopic (exact) mass is 295 g/mol. The maximum Gasteiger partial charge on any atom is 0.262 e. The summed E-state index contributed by atoms with van der Waals surface area (Å²) in [6.45, 7) is 0.246. The van der Waals surface area contributed by atoms with Crippen LogP contribution in [0.1, 0.15) is 5.56 Å². The van der Waals surface area contributed by atoms with E-state index >= 15 is 0 Å². The van der Waals surface area contributed by atoms with Crippen molar-refractivity contribution in [3.8, 4) is 0 Å². The molecule has 1 N–H and O–H groups in total. The second-order valence-corrected chi connectivity index (χ2v) is 6.35. The zero-order chi connectivity index (χ0) is 14.8. The molecule has 2 heterocycles. The summed E-state index contributed by atoms with van der Waals surface area (Å²) in [5.74, 6) is 0. The number of rotatable bonds is 5. The van der Waals surface area contributed by atoms with Gasteiger partial charge in [0, 0.05) is 45.6 Å². The van der Waals surface area contributed by atoms with Gasteiger partial charge < -0.3 is 5.32 Å². The minimum atomic E-state index is -3.65. The molecule has 0 saturated carbocycles. The SMILES string of the molecule is CNc1cccnc1S(=O)(=O)N(C)Cc1cnn(C)c1. The molecule has 0 aromatic carbocycles. The smallest absolute Gasteiger partial charge is 0.262 e. The number of pyridine rings is 1. The quantitative estimate of drug-likeness (QED) is 0.877. The van der Waals surface area contributed by atoms with Crippen molar-refractivity contribution >= 4 is 15.7 Å². The third-order valence-electron chi connectivity index (χ3n) is 2.86. The molecule has 2 aromatic heterocycles. The summed E-state index contributed by atoms with van der Waals surface area (Å²) in [4.78, 5) is 3.98. The van der Waals surface area contributed by atoms with Gasteiger partial charge in [0.2, 0.25) is 0 Å². The van der Waals surface area contributed by atoms with Crippen molar-refractivity contribution in [3.05, 3.63) is 36.3 Å². The minimum Gasteiger partial charge on any atom is -0.386 e. The lowest BCUT2D eigenvalue weighted by atomic mass is 10.4. The standard InChI is InChI=1S/C12H17N5O2S/c1-13-11-5-4-6-14-12(11)20(18,19)17(3)9-10-7-15-16(2)8-10/h4-8,13H,9H2,1-3H3. The predicted molar refractivity (Wildman–Crippen MR) is 75.6 cm³/mol. The van der Waals surface area contributed by atoms with Crippen molar-refractivity contribution in [3.63, 3.8) is 0 Å². The lowest BCUT2D eigenvalue weighted by molar-refractivity contribution is 0.464. The first kappa shape index (κ1) is 14.5. The van der Waals surface area contributed by atoms with Crippen molar-refractivity contribution < 1.29 is 8.42 Å². The van der Waals surface area contributed by atoms with Crippen LogP contribution >= 0.6 is 0 Å². The van der Waals surface area contributed by atoms with Gasteiger partial charge >= 0.3 is 0 Å². The highest BCUT2D eigenvalue weighted by atomic mass is 32.2. The van der Waals surface area contributed by atoms with E-state index < -0.39 is 10.0 Å². The molecular weight excluding hydrogens is 278 g/mol. The van der Waals surface area contributed by atoms with Gasteiger partial charge in [0.1, 0.15) is 0 Å². The lowest BCUT2D eigenvalue weighted by Gasteiger charge is -2.17. The fourth-order valence-corrected chi connectivity index (χ4v) is 3.09. The van der Waals surface area contributed by atoms with Crippen LogP contribution < -0.4 is 5.32 Å². The van der Waals surface area contributed by atoms with Crippen molar-refractivity contribution in [1.29, 1.82) is 0 Å². The van der Waals surface area contributed by atoms with Crippen molar-refractivity contribution in [2.24, 2.45) is 7.05 Å². The van der Waals surface area contributed by atoms with Crippen molar-refractivity contribution in [1.82, 2.24) is 19.1 Å². The summed E-state index contributed by atoms with van der Waals surface area (Å²) in [6, 6.07) is 3.36. The number of hydrogen-bond acceptors (Lipinski definition) is 5. The molecule has 0 spiro atoms. The van der Waals surface area contributed by atoms with Crippen molar-refractivity contribution in [2.45, 2.75) is 11.6 Å². The Kier molecular flexibility index (Phi) is 4.05. The number of nitrogens with zero attached hydrogens (tertiary/aromatic N) is 4. The third kappa shape index (κ3) is 2.81. The summed E-state index contributed by atoms with van der Waals surface area (Å²) < 4.78 is 27.9. The van der Waals surface area contributed by atoms with Gasteiger partial charge in [0.05, 0.1) is 11.9 Å². The largest absolute Gasteiger partial charge is 0.386 e. The third-order valence-corrected chi connectivity index (χ3v) is 4.62. The molecular formula is C12H17N5O2S. The summed E-state index contributed by atoms with van der Waals surface area (Å²) in [7, 11) is 1.33. The fraction of sp³-hybridized carbons (Fsp3) is 0.333. The highest BCUT2D eigenvalue weighted by Gasteiger charge is 2.25. The summed E-state index contributed by atoms with van der Waals surface area (Å²) in [6.07, 6.45) is 4.89. The van der Waals surface area contributed by atoms with Crippen LogP contribution in [0.4, 0.5) is 5.69 Å². The molecule has 8 heteroatoms. The minimum absolute atomic E-state index is 0.0221. The summed E-state index contributed by atoms with van der Waals surface area (Å²) in [5, 5.41) is 6.89. The molecule has 2 aromatic rings. The van der Waals surface area contributed by atoms with E-state index in [4.69, 9.17) is 0 Å². The van der Waals surface area contributed by atoms with E-state index in [0.717, 1.165) is 5.56 Å². The molecule has 7 nitrogen and oxygen atoms in total. The van der Waals surface area contributed by atoms with Gasteiger partial charge in [-0.05, 0) is 12.1 Å². The molecule has 20 heavy (non-hydrogen) atoms. The molecule has 0 aliphatic rings. The van der Waals surface area contributed by atoms with Gasteiger partial charge in [-0.2, -0.15) is 9.40 Å². The van der Waals surface area contributed by atoms with Crippen LogP contribution in [-0.4, -0.2) is 41.6 Å². The Labute approximate surface area is 118 Å².